The van der Waals surface area contributed by atoms with E-state index < -0.39 is 11.8 Å². The summed E-state index contributed by atoms with van der Waals surface area (Å²) in [5.74, 6) is -0.243. The standard InChI is InChI=1S/C22H30N4O4/c1-30-19-14-16(25-10-6-22(7-11-25)4-8-23-9-5-22)2-3-17(19)24-18-15-20(28)26(12-13-27)21(18)29/h2-3,14-15,23-24,27H,4-13H2,1H3. The number of piperidine rings is 2. The topological polar surface area (TPSA) is 94.1 Å². The fourth-order valence-electron chi connectivity index (χ4n) is 4.73. The zero-order valence-corrected chi connectivity index (χ0v) is 17.4. The average Bonchev–Trinajstić information content (AvgIpc) is 3.03. The maximum Gasteiger partial charge on any atom is 0.277 e. The van der Waals surface area contributed by atoms with E-state index in [1.54, 1.807) is 7.11 Å². The molecule has 30 heavy (non-hydrogen) atoms. The van der Waals surface area contributed by atoms with Crippen LogP contribution in [0.1, 0.15) is 25.7 Å². The van der Waals surface area contributed by atoms with E-state index in [0.717, 1.165) is 36.8 Å². The molecule has 4 rings (SSSR count). The van der Waals surface area contributed by atoms with Crippen LogP contribution in [0.4, 0.5) is 11.4 Å². The molecule has 8 nitrogen and oxygen atoms in total. The minimum Gasteiger partial charge on any atom is -0.494 e. The summed E-state index contributed by atoms with van der Waals surface area (Å²) in [6, 6.07) is 5.89. The molecule has 2 fully saturated rings. The molecule has 3 aliphatic heterocycles. The number of β-amino-alcohol motifs (C(OH)–C–C–N with tert-alkyl or cyclic N) is 1. The molecule has 0 aliphatic carbocycles. The first-order valence-corrected chi connectivity index (χ1v) is 10.6. The maximum atomic E-state index is 12.4. The number of aliphatic hydroxyl groups excluding tert-OH is 1. The number of carbonyl (C=O) groups is 2. The number of nitrogens with one attached hydrogen (secondary N) is 2. The molecule has 162 valence electrons. The Bertz CT molecular complexity index is 838. The van der Waals surface area contributed by atoms with Crippen LogP contribution in [0.2, 0.25) is 0 Å². The van der Waals surface area contributed by atoms with Gasteiger partial charge in [-0.15, -0.1) is 0 Å². The number of rotatable bonds is 6. The van der Waals surface area contributed by atoms with Gasteiger partial charge in [0.25, 0.3) is 11.8 Å². The van der Waals surface area contributed by atoms with E-state index in [1.807, 2.05) is 18.2 Å². The second-order valence-corrected chi connectivity index (χ2v) is 8.32. The normalized spacial score (nSPS) is 21.2. The first-order chi connectivity index (χ1) is 14.5. The zero-order valence-electron chi connectivity index (χ0n) is 17.4. The Morgan fingerprint density at radius 1 is 1.17 bits per heavy atom. The van der Waals surface area contributed by atoms with Gasteiger partial charge in [0.1, 0.15) is 11.4 Å². The number of amides is 2. The highest BCUT2D eigenvalue weighted by Gasteiger charge is 2.36. The lowest BCUT2D eigenvalue weighted by Gasteiger charge is -2.45. The van der Waals surface area contributed by atoms with Gasteiger partial charge < -0.3 is 25.4 Å². The van der Waals surface area contributed by atoms with Crippen molar-refractivity contribution in [2.45, 2.75) is 25.7 Å². The van der Waals surface area contributed by atoms with Crippen molar-refractivity contribution in [3.05, 3.63) is 30.0 Å². The first kappa shape index (κ1) is 20.7. The maximum absolute atomic E-state index is 12.4. The van der Waals surface area contributed by atoms with Gasteiger partial charge >= 0.3 is 0 Å². The predicted molar refractivity (Wildman–Crippen MR) is 114 cm³/mol. The number of aliphatic hydroxyl groups is 1. The molecule has 1 spiro atoms. The van der Waals surface area contributed by atoms with E-state index in [4.69, 9.17) is 9.84 Å². The molecular weight excluding hydrogens is 384 g/mol. The number of hydrogen-bond acceptors (Lipinski definition) is 7. The molecule has 0 radical (unpaired) electrons. The van der Waals surface area contributed by atoms with Crippen LogP contribution in [-0.2, 0) is 9.59 Å². The summed E-state index contributed by atoms with van der Waals surface area (Å²) in [7, 11) is 1.60. The third-order valence-corrected chi connectivity index (χ3v) is 6.64. The van der Waals surface area contributed by atoms with Crippen molar-refractivity contribution in [2.75, 3.05) is 56.7 Å². The van der Waals surface area contributed by atoms with Crippen molar-refractivity contribution in [2.24, 2.45) is 5.41 Å². The molecular formula is C22H30N4O4. The van der Waals surface area contributed by atoms with Crippen LogP contribution in [0, 0.1) is 5.41 Å². The van der Waals surface area contributed by atoms with Gasteiger partial charge in [0, 0.05) is 30.9 Å². The third kappa shape index (κ3) is 4.02. The minimum atomic E-state index is -0.441. The van der Waals surface area contributed by atoms with Gasteiger partial charge in [-0.05, 0) is 56.3 Å². The highest BCUT2D eigenvalue weighted by molar-refractivity contribution is 6.17. The van der Waals surface area contributed by atoms with Gasteiger partial charge in [-0.25, -0.2) is 0 Å². The molecule has 2 amide bonds. The fraction of sp³-hybridized carbons (Fsp3) is 0.545. The Morgan fingerprint density at radius 2 is 1.90 bits per heavy atom. The van der Waals surface area contributed by atoms with Crippen LogP contribution in [0.15, 0.2) is 30.0 Å². The van der Waals surface area contributed by atoms with Crippen LogP contribution < -0.4 is 20.3 Å². The largest absolute Gasteiger partial charge is 0.494 e. The SMILES string of the molecule is COc1cc(N2CCC3(CCNCC3)CC2)ccc1NC1=CC(=O)N(CCO)C1=O. The number of nitrogens with zero attached hydrogens (tertiary/aromatic N) is 2. The molecule has 3 heterocycles. The second kappa shape index (κ2) is 8.65. The van der Waals surface area contributed by atoms with E-state index in [1.165, 1.54) is 31.8 Å². The number of methoxy groups -OCH3 is 1. The monoisotopic (exact) mass is 414 g/mol. The lowest BCUT2D eigenvalue weighted by atomic mass is 9.71. The molecule has 2 saturated heterocycles. The summed E-state index contributed by atoms with van der Waals surface area (Å²) < 4.78 is 5.56. The predicted octanol–water partition coefficient (Wildman–Crippen LogP) is 1.32. The quantitative estimate of drug-likeness (QED) is 0.605. The van der Waals surface area contributed by atoms with Gasteiger partial charge in [-0.1, -0.05) is 0 Å². The molecule has 8 heteroatoms. The van der Waals surface area contributed by atoms with E-state index >= 15 is 0 Å². The van der Waals surface area contributed by atoms with Crippen molar-refractivity contribution in [1.29, 1.82) is 0 Å². The molecule has 0 bridgehead atoms. The first-order valence-electron chi connectivity index (χ1n) is 10.6. The van der Waals surface area contributed by atoms with Crippen molar-refractivity contribution in [3.8, 4) is 5.75 Å². The van der Waals surface area contributed by atoms with E-state index in [9.17, 15) is 9.59 Å². The molecule has 0 saturated carbocycles. The zero-order chi connectivity index (χ0) is 21.1. The molecule has 1 aromatic rings. The lowest BCUT2D eigenvalue weighted by molar-refractivity contribution is -0.137. The van der Waals surface area contributed by atoms with Crippen LogP contribution in [0.25, 0.3) is 0 Å². The van der Waals surface area contributed by atoms with Crippen molar-refractivity contribution >= 4 is 23.2 Å². The lowest BCUT2D eigenvalue weighted by Crippen LogP contribution is -2.45. The summed E-state index contributed by atoms with van der Waals surface area (Å²) >= 11 is 0. The third-order valence-electron chi connectivity index (χ3n) is 6.64. The van der Waals surface area contributed by atoms with Crippen molar-refractivity contribution in [3.63, 3.8) is 0 Å². The summed E-state index contributed by atoms with van der Waals surface area (Å²) in [5, 5.41) is 15.5. The Kier molecular flexibility index (Phi) is 5.97. The van der Waals surface area contributed by atoms with Crippen molar-refractivity contribution < 1.29 is 19.4 Å². The van der Waals surface area contributed by atoms with Crippen LogP contribution in [0.5, 0.6) is 5.75 Å². The van der Waals surface area contributed by atoms with Gasteiger partial charge in [0.15, 0.2) is 0 Å². The van der Waals surface area contributed by atoms with Crippen LogP contribution >= 0.6 is 0 Å². The summed E-state index contributed by atoms with van der Waals surface area (Å²) in [4.78, 5) is 27.8. The summed E-state index contributed by atoms with van der Waals surface area (Å²) in [6.45, 7) is 4.04. The van der Waals surface area contributed by atoms with Crippen LogP contribution in [-0.4, -0.2) is 68.3 Å². The highest BCUT2D eigenvalue weighted by atomic mass is 16.5. The van der Waals surface area contributed by atoms with Crippen LogP contribution in [0.3, 0.4) is 0 Å². The molecule has 3 aliphatic rings. The number of benzene rings is 1. The molecule has 0 unspecified atom stereocenters. The van der Waals surface area contributed by atoms with Gasteiger partial charge in [-0.2, -0.15) is 0 Å². The Hall–Kier alpha value is -2.58. The van der Waals surface area contributed by atoms with Gasteiger partial charge in [0.2, 0.25) is 0 Å². The number of hydrogen-bond donors (Lipinski definition) is 3. The number of imide groups is 1. The van der Waals surface area contributed by atoms with E-state index in [2.05, 4.69) is 15.5 Å². The number of carbonyl (C=O) groups excluding carboxylic acids is 2. The van der Waals surface area contributed by atoms with Gasteiger partial charge in [0.05, 0.1) is 25.9 Å². The minimum absolute atomic E-state index is 0.0120. The Morgan fingerprint density at radius 3 is 2.57 bits per heavy atom. The smallest absolute Gasteiger partial charge is 0.277 e. The Balaban J connectivity index is 1.44. The molecule has 0 atom stereocenters. The molecule has 1 aromatic carbocycles. The molecule has 3 N–H and O–H groups in total. The summed E-state index contributed by atoms with van der Waals surface area (Å²) in [6.07, 6.45) is 6.21. The van der Waals surface area contributed by atoms with Crippen molar-refractivity contribution in [1.82, 2.24) is 10.2 Å². The Labute approximate surface area is 176 Å². The second-order valence-electron chi connectivity index (χ2n) is 8.32. The average molecular weight is 415 g/mol. The summed E-state index contributed by atoms with van der Waals surface area (Å²) in [5.41, 5.74) is 2.41. The van der Waals surface area contributed by atoms with Gasteiger partial charge in [-0.3, -0.25) is 14.5 Å². The van der Waals surface area contributed by atoms with E-state index in [0.29, 0.717) is 16.9 Å². The van der Waals surface area contributed by atoms with E-state index in [-0.39, 0.29) is 18.8 Å². The highest BCUT2D eigenvalue weighted by Crippen LogP contribution is 2.41. The molecule has 0 aromatic heterocycles. The fourth-order valence-corrected chi connectivity index (χ4v) is 4.73. The number of anilines is 2. The number of ether oxygens (including phenoxy) is 1.